The molecule has 0 unspecified atom stereocenters. The van der Waals surface area contributed by atoms with Crippen LogP contribution in [0.4, 0.5) is 5.82 Å². The monoisotopic (exact) mass is 352 g/mol. The van der Waals surface area contributed by atoms with Crippen LogP contribution in [-0.2, 0) is 10.2 Å². The molecular weight excluding hydrogens is 328 g/mol. The number of nitrogens with zero attached hydrogens (tertiary/aromatic N) is 3. The van der Waals surface area contributed by atoms with E-state index in [9.17, 15) is 4.79 Å². The maximum Gasteiger partial charge on any atom is 0.269 e. The van der Waals surface area contributed by atoms with Crippen LogP contribution in [0.5, 0.6) is 0 Å². The zero-order valence-electron chi connectivity index (χ0n) is 15.0. The van der Waals surface area contributed by atoms with Gasteiger partial charge in [0.1, 0.15) is 5.69 Å². The average Bonchev–Trinajstić information content (AvgIpc) is 3.35. The van der Waals surface area contributed by atoms with Gasteiger partial charge in [0, 0.05) is 24.6 Å². The first-order valence-electron chi connectivity index (χ1n) is 9.47. The third kappa shape index (κ3) is 2.35. The molecule has 1 aromatic carbocycles. The molecule has 0 spiro atoms. The van der Waals surface area contributed by atoms with Crippen LogP contribution >= 0.6 is 0 Å². The molecule has 5 rings (SSSR count). The SMILES string of the molecule is C[C@@H]1COCCN1c1cc2n(n1)[C@@H](C1(c3ccccc3)CC1)CNC2=O. The van der Waals surface area contributed by atoms with Crippen molar-refractivity contribution in [2.45, 2.75) is 37.3 Å². The fourth-order valence-electron chi connectivity index (χ4n) is 4.51. The molecule has 2 atom stereocenters. The van der Waals surface area contributed by atoms with E-state index >= 15 is 0 Å². The van der Waals surface area contributed by atoms with Crippen LogP contribution in [0, 0.1) is 0 Å². The number of anilines is 1. The molecule has 6 nitrogen and oxygen atoms in total. The number of ether oxygens (including phenoxy) is 1. The molecule has 1 N–H and O–H groups in total. The van der Waals surface area contributed by atoms with E-state index in [0.717, 1.165) is 25.2 Å². The van der Waals surface area contributed by atoms with Crippen molar-refractivity contribution >= 4 is 11.7 Å². The molecule has 6 heteroatoms. The van der Waals surface area contributed by atoms with E-state index in [1.165, 1.54) is 5.56 Å². The van der Waals surface area contributed by atoms with E-state index in [4.69, 9.17) is 9.84 Å². The Kier molecular flexibility index (Phi) is 3.57. The number of amides is 1. The zero-order chi connectivity index (χ0) is 17.7. The Bertz CT molecular complexity index is 828. The molecule has 0 radical (unpaired) electrons. The number of hydrogen-bond acceptors (Lipinski definition) is 4. The molecule has 136 valence electrons. The number of rotatable bonds is 3. The molecule has 2 fully saturated rings. The van der Waals surface area contributed by atoms with Gasteiger partial charge in [0.05, 0.1) is 25.3 Å². The number of benzene rings is 1. The van der Waals surface area contributed by atoms with E-state index in [-0.39, 0.29) is 23.4 Å². The Labute approximate surface area is 153 Å². The Morgan fingerprint density at radius 2 is 2.08 bits per heavy atom. The van der Waals surface area contributed by atoms with Gasteiger partial charge in [-0.3, -0.25) is 9.48 Å². The number of hydrogen-bond donors (Lipinski definition) is 1. The lowest BCUT2D eigenvalue weighted by atomic mass is 9.87. The van der Waals surface area contributed by atoms with Crippen LogP contribution in [0.2, 0.25) is 0 Å². The van der Waals surface area contributed by atoms with Crippen molar-refractivity contribution in [3.8, 4) is 0 Å². The highest BCUT2D eigenvalue weighted by Crippen LogP contribution is 2.56. The van der Waals surface area contributed by atoms with Crippen LogP contribution in [0.15, 0.2) is 36.4 Å². The second kappa shape index (κ2) is 5.84. The van der Waals surface area contributed by atoms with E-state index in [2.05, 4.69) is 47.5 Å². The van der Waals surface area contributed by atoms with Gasteiger partial charge in [-0.15, -0.1) is 0 Å². The van der Waals surface area contributed by atoms with Gasteiger partial charge < -0.3 is 15.0 Å². The lowest BCUT2D eigenvalue weighted by Crippen LogP contribution is -2.45. The summed E-state index contributed by atoms with van der Waals surface area (Å²) in [6.07, 6.45) is 2.28. The van der Waals surface area contributed by atoms with E-state index in [0.29, 0.717) is 25.5 Å². The van der Waals surface area contributed by atoms with Gasteiger partial charge in [-0.1, -0.05) is 30.3 Å². The van der Waals surface area contributed by atoms with Crippen molar-refractivity contribution in [1.29, 1.82) is 0 Å². The molecule has 1 aromatic heterocycles. The Hall–Kier alpha value is -2.34. The summed E-state index contributed by atoms with van der Waals surface area (Å²) >= 11 is 0. The summed E-state index contributed by atoms with van der Waals surface area (Å²) in [5.41, 5.74) is 2.12. The molecule has 3 heterocycles. The molecule has 3 aliphatic rings. The largest absolute Gasteiger partial charge is 0.377 e. The van der Waals surface area contributed by atoms with Crippen LogP contribution in [-0.4, -0.2) is 48.0 Å². The molecule has 0 bridgehead atoms. The van der Waals surface area contributed by atoms with Crippen molar-refractivity contribution in [3.05, 3.63) is 47.7 Å². The van der Waals surface area contributed by atoms with Gasteiger partial charge >= 0.3 is 0 Å². The Balaban J connectivity index is 1.54. The van der Waals surface area contributed by atoms with E-state index < -0.39 is 0 Å². The normalized spacial score (nSPS) is 27.0. The second-order valence-electron chi connectivity index (χ2n) is 7.70. The minimum atomic E-state index is -0.0234. The zero-order valence-corrected chi connectivity index (χ0v) is 15.0. The number of carbonyl (C=O) groups is 1. The van der Waals surface area contributed by atoms with Crippen molar-refractivity contribution in [2.75, 3.05) is 31.2 Å². The lowest BCUT2D eigenvalue weighted by molar-refractivity contribution is 0.0898. The highest BCUT2D eigenvalue weighted by Gasteiger charge is 2.53. The predicted octanol–water partition coefficient (Wildman–Crippen LogP) is 2.12. The fraction of sp³-hybridized carbons (Fsp3) is 0.500. The molecule has 1 aliphatic carbocycles. The van der Waals surface area contributed by atoms with E-state index in [1.54, 1.807) is 0 Å². The molecule has 1 saturated heterocycles. The maximum absolute atomic E-state index is 12.5. The summed E-state index contributed by atoms with van der Waals surface area (Å²) in [7, 11) is 0. The number of aromatic nitrogens is 2. The summed E-state index contributed by atoms with van der Waals surface area (Å²) in [5.74, 6) is 0.867. The summed E-state index contributed by atoms with van der Waals surface area (Å²) in [4.78, 5) is 14.7. The van der Waals surface area contributed by atoms with E-state index in [1.807, 2.05) is 10.7 Å². The van der Waals surface area contributed by atoms with Crippen molar-refractivity contribution in [3.63, 3.8) is 0 Å². The highest BCUT2D eigenvalue weighted by atomic mass is 16.5. The average molecular weight is 352 g/mol. The topological polar surface area (TPSA) is 59.4 Å². The minimum Gasteiger partial charge on any atom is -0.377 e. The number of fused-ring (bicyclic) bond motifs is 1. The van der Waals surface area contributed by atoms with Crippen LogP contribution in [0.3, 0.4) is 0 Å². The summed E-state index contributed by atoms with van der Waals surface area (Å²) in [5, 5.41) is 8.00. The Morgan fingerprint density at radius 1 is 1.27 bits per heavy atom. The summed E-state index contributed by atoms with van der Waals surface area (Å²) < 4.78 is 7.54. The number of morpholine rings is 1. The van der Waals surface area contributed by atoms with Crippen LogP contribution < -0.4 is 10.2 Å². The first-order chi connectivity index (χ1) is 12.7. The van der Waals surface area contributed by atoms with Gasteiger partial charge in [-0.2, -0.15) is 5.10 Å². The second-order valence-corrected chi connectivity index (χ2v) is 7.70. The van der Waals surface area contributed by atoms with Crippen LogP contribution in [0.25, 0.3) is 0 Å². The molecule has 26 heavy (non-hydrogen) atoms. The van der Waals surface area contributed by atoms with Gasteiger partial charge in [0.2, 0.25) is 0 Å². The number of carbonyl (C=O) groups excluding carboxylic acids is 1. The van der Waals surface area contributed by atoms with Gasteiger partial charge in [0.25, 0.3) is 5.91 Å². The first-order valence-corrected chi connectivity index (χ1v) is 9.47. The van der Waals surface area contributed by atoms with Gasteiger partial charge in [-0.05, 0) is 25.3 Å². The van der Waals surface area contributed by atoms with Gasteiger partial charge in [-0.25, -0.2) is 0 Å². The molecule has 2 aromatic rings. The van der Waals surface area contributed by atoms with Crippen molar-refractivity contribution in [2.24, 2.45) is 0 Å². The lowest BCUT2D eigenvalue weighted by Gasteiger charge is -2.34. The summed E-state index contributed by atoms with van der Waals surface area (Å²) in [6.45, 7) is 5.00. The fourth-order valence-corrected chi connectivity index (χ4v) is 4.51. The molecule has 2 aliphatic heterocycles. The van der Waals surface area contributed by atoms with Crippen molar-refractivity contribution < 1.29 is 9.53 Å². The summed E-state index contributed by atoms with van der Waals surface area (Å²) in [6, 6.07) is 13.1. The van der Waals surface area contributed by atoms with Crippen molar-refractivity contribution in [1.82, 2.24) is 15.1 Å². The minimum absolute atomic E-state index is 0.0234. The number of nitrogens with one attached hydrogen (secondary N) is 1. The third-order valence-corrected chi connectivity index (χ3v) is 6.14. The molecule has 1 saturated carbocycles. The molecular formula is C20H24N4O2. The standard InChI is InChI=1S/C20H24N4O2/c1-14-13-26-10-9-23(14)18-11-16-19(25)21-12-17(24(16)22-18)20(7-8-20)15-5-3-2-4-6-15/h2-6,11,14,17H,7-10,12-13H2,1H3,(H,21,25)/t14-,17-/m1/s1. The smallest absolute Gasteiger partial charge is 0.269 e. The van der Waals surface area contributed by atoms with Crippen LogP contribution in [0.1, 0.15) is 41.9 Å². The Morgan fingerprint density at radius 3 is 2.81 bits per heavy atom. The van der Waals surface area contributed by atoms with Gasteiger partial charge in [0.15, 0.2) is 5.82 Å². The highest BCUT2D eigenvalue weighted by molar-refractivity contribution is 5.94. The third-order valence-electron chi connectivity index (χ3n) is 6.14. The predicted molar refractivity (Wildman–Crippen MR) is 98.6 cm³/mol. The quantitative estimate of drug-likeness (QED) is 0.919. The maximum atomic E-state index is 12.5. The first kappa shape index (κ1) is 15.9. The molecule has 1 amide bonds.